The van der Waals surface area contributed by atoms with Gasteiger partial charge in [0.1, 0.15) is 13.2 Å². The number of aldehydes is 1. The van der Waals surface area contributed by atoms with Crippen molar-refractivity contribution in [1.82, 2.24) is 0 Å². The molecule has 0 N–H and O–H groups in total. The molecule has 0 bridgehead atoms. The van der Waals surface area contributed by atoms with Crippen molar-refractivity contribution in [3.05, 3.63) is 0 Å². The van der Waals surface area contributed by atoms with Gasteiger partial charge in [-0.05, 0) is 31.6 Å². The minimum atomic E-state index is 0.322. The first-order valence-electron chi connectivity index (χ1n) is 5.81. The molecule has 17 heavy (non-hydrogen) atoms. The Kier molecular flexibility index (Phi) is 6.66. The number of hydrogen-bond donors (Lipinski definition) is 0. The van der Waals surface area contributed by atoms with Crippen LogP contribution < -0.4 is 0 Å². The van der Waals surface area contributed by atoms with Crippen molar-refractivity contribution in [2.45, 2.75) is 25.7 Å². The molecular weight excluding hydrogens is 212 g/mol. The number of carbonyl (C=O) groups excluding carboxylic acids is 1. The summed E-state index contributed by atoms with van der Waals surface area (Å²) >= 11 is 0. The van der Waals surface area contributed by atoms with Crippen molar-refractivity contribution >= 4 is 6.29 Å². The minimum absolute atomic E-state index is 0.322. The summed E-state index contributed by atoms with van der Waals surface area (Å²) in [4.78, 5) is 10.1. The summed E-state index contributed by atoms with van der Waals surface area (Å²) in [5, 5.41) is 0. The SMILES string of the molecule is C#CCOCC#CC1CCC(C#CC=O)CC1. The van der Waals surface area contributed by atoms with Gasteiger partial charge in [0.05, 0.1) is 0 Å². The van der Waals surface area contributed by atoms with Gasteiger partial charge in [-0.15, -0.1) is 6.42 Å². The van der Waals surface area contributed by atoms with E-state index in [4.69, 9.17) is 11.2 Å². The number of hydrogen-bond acceptors (Lipinski definition) is 2. The first kappa shape index (κ1) is 13.4. The van der Waals surface area contributed by atoms with Crippen molar-refractivity contribution in [3.8, 4) is 36.0 Å². The van der Waals surface area contributed by atoms with Gasteiger partial charge in [0.2, 0.25) is 0 Å². The summed E-state index contributed by atoms with van der Waals surface area (Å²) in [5.74, 6) is 14.9. The molecule has 88 valence electrons. The molecule has 0 saturated heterocycles. The molecule has 0 aromatic heterocycles. The van der Waals surface area contributed by atoms with Crippen molar-refractivity contribution in [3.63, 3.8) is 0 Å². The third kappa shape index (κ3) is 5.82. The quantitative estimate of drug-likeness (QED) is 0.408. The maximum atomic E-state index is 10.1. The minimum Gasteiger partial charge on any atom is -0.356 e. The van der Waals surface area contributed by atoms with Crippen LogP contribution in [0.1, 0.15) is 25.7 Å². The maximum Gasteiger partial charge on any atom is 0.192 e. The molecule has 1 fully saturated rings. The molecular formula is C15H16O2. The molecule has 0 unspecified atom stereocenters. The molecule has 0 amide bonds. The molecule has 2 nitrogen and oxygen atoms in total. The van der Waals surface area contributed by atoms with E-state index in [1.54, 1.807) is 0 Å². The first-order valence-corrected chi connectivity index (χ1v) is 5.81. The fourth-order valence-corrected chi connectivity index (χ4v) is 1.88. The highest BCUT2D eigenvalue weighted by molar-refractivity contribution is 5.72. The van der Waals surface area contributed by atoms with Gasteiger partial charge in [-0.2, -0.15) is 0 Å². The smallest absolute Gasteiger partial charge is 0.192 e. The molecule has 0 radical (unpaired) electrons. The second-order valence-electron chi connectivity index (χ2n) is 3.97. The van der Waals surface area contributed by atoms with E-state index in [1.807, 2.05) is 0 Å². The number of ether oxygens (including phenoxy) is 1. The Morgan fingerprint density at radius 3 is 2.35 bits per heavy atom. The number of terminal acetylenes is 1. The van der Waals surface area contributed by atoms with Gasteiger partial charge in [-0.1, -0.05) is 23.7 Å². The standard InChI is InChI=1S/C15H16O2/c1-2-12-17-13-4-6-15-9-7-14(8-10-15)5-3-11-16/h1,11,14-15H,7-10,12-13H2. The highest BCUT2D eigenvalue weighted by atomic mass is 16.5. The fraction of sp³-hybridized carbons (Fsp3) is 0.533. The van der Waals surface area contributed by atoms with Crippen LogP contribution in [0.25, 0.3) is 0 Å². The fourth-order valence-electron chi connectivity index (χ4n) is 1.88. The van der Waals surface area contributed by atoms with Gasteiger partial charge < -0.3 is 4.74 Å². The maximum absolute atomic E-state index is 10.1. The van der Waals surface area contributed by atoms with E-state index >= 15 is 0 Å². The van der Waals surface area contributed by atoms with E-state index in [9.17, 15) is 4.79 Å². The van der Waals surface area contributed by atoms with E-state index < -0.39 is 0 Å². The lowest BCUT2D eigenvalue weighted by molar-refractivity contribution is -0.103. The molecule has 1 aliphatic carbocycles. The predicted octanol–water partition coefficient (Wildman–Crippen LogP) is 1.65. The Hall–Kier alpha value is -1.69. The largest absolute Gasteiger partial charge is 0.356 e. The second kappa shape index (κ2) is 8.46. The average Bonchev–Trinajstić information content (AvgIpc) is 2.37. The van der Waals surface area contributed by atoms with Gasteiger partial charge in [0, 0.05) is 11.8 Å². The van der Waals surface area contributed by atoms with Crippen LogP contribution in [0.3, 0.4) is 0 Å². The summed E-state index contributed by atoms with van der Waals surface area (Å²) < 4.78 is 5.08. The molecule has 2 heteroatoms. The highest BCUT2D eigenvalue weighted by Crippen LogP contribution is 2.27. The van der Waals surface area contributed by atoms with Crippen LogP contribution in [-0.4, -0.2) is 19.5 Å². The molecule has 1 saturated carbocycles. The third-order valence-electron chi connectivity index (χ3n) is 2.74. The van der Waals surface area contributed by atoms with E-state index in [0.29, 0.717) is 31.3 Å². The van der Waals surface area contributed by atoms with Crippen molar-refractivity contribution in [2.24, 2.45) is 11.8 Å². The normalized spacial score (nSPS) is 22.3. The van der Waals surface area contributed by atoms with Gasteiger partial charge in [0.15, 0.2) is 6.29 Å². The zero-order chi connectivity index (χ0) is 12.3. The molecule has 1 aliphatic rings. The third-order valence-corrected chi connectivity index (χ3v) is 2.74. The summed E-state index contributed by atoms with van der Waals surface area (Å²) in [5.41, 5.74) is 0. The van der Waals surface area contributed by atoms with Crippen LogP contribution in [0.2, 0.25) is 0 Å². The van der Waals surface area contributed by atoms with Crippen molar-refractivity contribution in [1.29, 1.82) is 0 Å². The first-order chi connectivity index (χ1) is 8.36. The van der Waals surface area contributed by atoms with Crippen LogP contribution in [0.5, 0.6) is 0 Å². The van der Waals surface area contributed by atoms with Crippen LogP contribution in [-0.2, 0) is 9.53 Å². The Morgan fingerprint density at radius 2 is 1.76 bits per heavy atom. The van der Waals surface area contributed by atoms with Crippen LogP contribution in [0.4, 0.5) is 0 Å². The van der Waals surface area contributed by atoms with Crippen LogP contribution >= 0.6 is 0 Å². The molecule has 0 heterocycles. The van der Waals surface area contributed by atoms with Crippen LogP contribution in [0, 0.1) is 47.9 Å². The summed E-state index contributed by atoms with van der Waals surface area (Å²) in [6, 6.07) is 0. The van der Waals surface area contributed by atoms with Crippen LogP contribution in [0.15, 0.2) is 0 Å². The summed E-state index contributed by atoms with van der Waals surface area (Å²) in [7, 11) is 0. The average molecular weight is 228 g/mol. The molecule has 0 aromatic rings. The monoisotopic (exact) mass is 228 g/mol. The highest BCUT2D eigenvalue weighted by Gasteiger charge is 2.17. The van der Waals surface area contributed by atoms with Gasteiger partial charge in [-0.3, -0.25) is 4.79 Å². The number of rotatable bonds is 2. The lowest BCUT2D eigenvalue weighted by Crippen LogP contribution is -2.12. The van der Waals surface area contributed by atoms with Crippen molar-refractivity contribution in [2.75, 3.05) is 13.2 Å². The second-order valence-corrected chi connectivity index (χ2v) is 3.97. The van der Waals surface area contributed by atoms with E-state index in [0.717, 1.165) is 25.7 Å². The molecule has 1 rings (SSSR count). The van der Waals surface area contributed by atoms with Gasteiger partial charge in [0.25, 0.3) is 0 Å². The van der Waals surface area contributed by atoms with Gasteiger partial charge in [-0.25, -0.2) is 0 Å². The van der Waals surface area contributed by atoms with E-state index in [-0.39, 0.29) is 0 Å². The number of carbonyl (C=O) groups is 1. The zero-order valence-corrected chi connectivity index (χ0v) is 9.87. The zero-order valence-electron chi connectivity index (χ0n) is 9.87. The Morgan fingerprint density at radius 1 is 1.12 bits per heavy atom. The van der Waals surface area contributed by atoms with E-state index in [1.165, 1.54) is 0 Å². The lowest BCUT2D eigenvalue weighted by Gasteiger charge is -2.21. The molecule has 0 aliphatic heterocycles. The molecule has 0 atom stereocenters. The molecule has 0 spiro atoms. The Bertz CT molecular complexity index is 387. The summed E-state index contributed by atoms with van der Waals surface area (Å²) in [6.07, 6.45) is 9.89. The van der Waals surface area contributed by atoms with E-state index in [2.05, 4.69) is 29.6 Å². The molecule has 0 aromatic carbocycles. The Balaban J connectivity index is 2.23. The topological polar surface area (TPSA) is 26.3 Å². The van der Waals surface area contributed by atoms with Crippen molar-refractivity contribution < 1.29 is 9.53 Å². The Labute approximate surface area is 103 Å². The summed E-state index contributed by atoms with van der Waals surface area (Å²) in [6.45, 7) is 0.734. The lowest BCUT2D eigenvalue weighted by atomic mass is 9.83. The predicted molar refractivity (Wildman–Crippen MR) is 66.7 cm³/mol. The van der Waals surface area contributed by atoms with Gasteiger partial charge >= 0.3 is 0 Å².